The van der Waals surface area contributed by atoms with Crippen molar-refractivity contribution in [2.45, 2.75) is 13.8 Å². The predicted molar refractivity (Wildman–Crippen MR) is 78.2 cm³/mol. The van der Waals surface area contributed by atoms with Crippen molar-refractivity contribution in [3.05, 3.63) is 34.6 Å². The molecule has 1 heterocycles. The quantitative estimate of drug-likeness (QED) is 0.899. The molecule has 2 aromatic rings. The molecule has 0 atom stereocenters. The van der Waals surface area contributed by atoms with Gasteiger partial charge in [-0.1, -0.05) is 12.1 Å². The van der Waals surface area contributed by atoms with Crippen molar-refractivity contribution < 1.29 is 0 Å². The van der Waals surface area contributed by atoms with Gasteiger partial charge >= 0.3 is 0 Å². The number of nitriles is 1. The van der Waals surface area contributed by atoms with Gasteiger partial charge in [-0.05, 0) is 37.1 Å². The number of hydrogen-bond donors (Lipinski definition) is 2. The molecule has 7 heteroatoms. The van der Waals surface area contributed by atoms with E-state index in [-0.39, 0.29) is 5.28 Å². The van der Waals surface area contributed by atoms with Gasteiger partial charge in [0.2, 0.25) is 17.2 Å². The van der Waals surface area contributed by atoms with Crippen molar-refractivity contribution in [2.24, 2.45) is 0 Å². The first-order valence-corrected chi connectivity index (χ1v) is 6.44. The molecule has 2 rings (SSSR count). The summed E-state index contributed by atoms with van der Waals surface area (Å²) in [6.07, 6.45) is 0. The minimum Gasteiger partial charge on any atom is -0.354 e. The smallest absolute Gasteiger partial charge is 0.233 e. The third-order valence-electron chi connectivity index (χ3n) is 2.57. The third-order valence-corrected chi connectivity index (χ3v) is 2.74. The molecule has 20 heavy (non-hydrogen) atoms. The van der Waals surface area contributed by atoms with Gasteiger partial charge in [-0.2, -0.15) is 20.2 Å². The first kappa shape index (κ1) is 14.0. The van der Waals surface area contributed by atoms with Gasteiger partial charge in [0.15, 0.2) is 0 Å². The fraction of sp³-hybridized carbons (Fsp3) is 0.231. The van der Waals surface area contributed by atoms with Crippen molar-refractivity contribution in [3.8, 4) is 6.07 Å². The second kappa shape index (κ2) is 6.17. The van der Waals surface area contributed by atoms with Crippen molar-refractivity contribution in [3.63, 3.8) is 0 Å². The van der Waals surface area contributed by atoms with E-state index >= 15 is 0 Å². The molecule has 0 unspecified atom stereocenters. The van der Waals surface area contributed by atoms with Crippen LogP contribution in [0.1, 0.15) is 18.1 Å². The molecule has 0 bridgehead atoms. The van der Waals surface area contributed by atoms with Crippen LogP contribution in [0, 0.1) is 18.3 Å². The number of benzene rings is 1. The zero-order valence-electron chi connectivity index (χ0n) is 11.1. The average molecular weight is 289 g/mol. The third kappa shape index (κ3) is 3.13. The summed E-state index contributed by atoms with van der Waals surface area (Å²) in [6, 6.07) is 7.67. The van der Waals surface area contributed by atoms with Crippen LogP contribution < -0.4 is 10.6 Å². The zero-order chi connectivity index (χ0) is 14.5. The molecular formula is C13H13ClN6. The minimum absolute atomic E-state index is 0.0876. The van der Waals surface area contributed by atoms with E-state index in [2.05, 4.69) is 31.7 Å². The van der Waals surface area contributed by atoms with Crippen LogP contribution in [0.4, 0.5) is 17.6 Å². The fourth-order valence-electron chi connectivity index (χ4n) is 1.68. The highest BCUT2D eigenvalue weighted by atomic mass is 35.5. The Morgan fingerprint density at radius 3 is 2.70 bits per heavy atom. The molecule has 0 aliphatic heterocycles. The normalized spacial score (nSPS) is 9.90. The van der Waals surface area contributed by atoms with E-state index in [4.69, 9.17) is 11.6 Å². The average Bonchev–Trinajstić information content (AvgIpc) is 2.38. The first-order valence-electron chi connectivity index (χ1n) is 6.06. The highest BCUT2D eigenvalue weighted by Crippen LogP contribution is 2.22. The van der Waals surface area contributed by atoms with E-state index in [1.54, 1.807) is 6.07 Å². The van der Waals surface area contributed by atoms with E-state index in [0.29, 0.717) is 29.7 Å². The van der Waals surface area contributed by atoms with E-state index in [1.165, 1.54) is 0 Å². The number of hydrogen-bond acceptors (Lipinski definition) is 6. The van der Waals surface area contributed by atoms with Gasteiger partial charge in [0, 0.05) is 6.54 Å². The van der Waals surface area contributed by atoms with Gasteiger partial charge in [0.1, 0.15) is 6.07 Å². The number of nitrogens with zero attached hydrogens (tertiary/aromatic N) is 4. The van der Waals surface area contributed by atoms with Gasteiger partial charge < -0.3 is 10.6 Å². The summed E-state index contributed by atoms with van der Waals surface area (Å²) in [5, 5.41) is 15.2. The Morgan fingerprint density at radius 2 is 2.00 bits per heavy atom. The number of halogens is 1. The molecule has 0 radical (unpaired) electrons. The Morgan fingerprint density at radius 1 is 1.25 bits per heavy atom. The van der Waals surface area contributed by atoms with Crippen LogP contribution in [0.25, 0.3) is 0 Å². The lowest BCUT2D eigenvalue weighted by atomic mass is 10.1. The molecule has 0 saturated carbocycles. The number of rotatable bonds is 4. The standard InChI is InChI=1S/C13H13ClN6/c1-3-16-12-18-11(14)19-13(20-12)17-10-6-4-5-8(2)9(10)7-15/h4-6H,3H2,1-2H3,(H2,16,17,18,19,20). The molecule has 0 saturated heterocycles. The molecular weight excluding hydrogens is 276 g/mol. The molecule has 0 spiro atoms. The Labute approximate surface area is 121 Å². The summed E-state index contributed by atoms with van der Waals surface area (Å²) in [6.45, 7) is 4.47. The van der Waals surface area contributed by atoms with Crippen LogP contribution in [-0.4, -0.2) is 21.5 Å². The molecule has 0 fully saturated rings. The van der Waals surface area contributed by atoms with Crippen LogP contribution >= 0.6 is 11.6 Å². The van der Waals surface area contributed by atoms with Crippen LogP contribution in [0.5, 0.6) is 0 Å². The molecule has 1 aromatic heterocycles. The topological polar surface area (TPSA) is 86.5 Å². The molecule has 2 N–H and O–H groups in total. The van der Waals surface area contributed by atoms with Crippen molar-refractivity contribution in [1.82, 2.24) is 15.0 Å². The molecule has 1 aromatic carbocycles. The number of nitrogens with one attached hydrogen (secondary N) is 2. The van der Waals surface area contributed by atoms with Crippen molar-refractivity contribution in [2.75, 3.05) is 17.2 Å². The predicted octanol–water partition coefficient (Wildman–Crippen LogP) is 2.88. The lowest BCUT2D eigenvalue weighted by Crippen LogP contribution is -2.07. The first-order chi connectivity index (χ1) is 9.63. The lowest BCUT2D eigenvalue weighted by Gasteiger charge is -2.09. The van der Waals surface area contributed by atoms with Gasteiger partial charge in [-0.25, -0.2) is 0 Å². The van der Waals surface area contributed by atoms with Gasteiger partial charge in [-0.3, -0.25) is 0 Å². The van der Waals surface area contributed by atoms with Crippen LogP contribution in [-0.2, 0) is 0 Å². The van der Waals surface area contributed by atoms with Gasteiger partial charge in [0.25, 0.3) is 0 Å². The number of anilines is 3. The van der Waals surface area contributed by atoms with Crippen LogP contribution in [0.15, 0.2) is 18.2 Å². The maximum Gasteiger partial charge on any atom is 0.233 e. The van der Waals surface area contributed by atoms with E-state index in [0.717, 1.165) is 5.56 Å². The molecule has 0 aliphatic rings. The SMILES string of the molecule is CCNc1nc(Cl)nc(Nc2cccc(C)c2C#N)n1. The summed E-state index contributed by atoms with van der Waals surface area (Å²) in [5.41, 5.74) is 2.07. The second-order valence-electron chi connectivity index (χ2n) is 4.02. The maximum atomic E-state index is 9.19. The monoisotopic (exact) mass is 288 g/mol. The lowest BCUT2D eigenvalue weighted by molar-refractivity contribution is 1.02. The van der Waals surface area contributed by atoms with E-state index in [1.807, 2.05) is 26.0 Å². The molecule has 0 aliphatic carbocycles. The van der Waals surface area contributed by atoms with Crippen molar-refractivity contribution in [1.29, 1.82) is 5.26 Å². The summed E-state index contributed by atoms with van der Waals surface area (Å²) < 4.78 is 0. The summed E-state index contributed by atoms with van der Waals surface area (Å²) in [4.78, 5) is 12.1. The van der Waals surface area contributed by atoms with Crippen LogP contribution in [0.2, 0.25) is 5.28 Å². The molecule has 6 nitrogen and oxygen atoms in total. The summed E-state index contributed by atoms with van der Waals surface area (Å²) in [7, 11) is 0. The molecule has 0 amide bonds. The maximum absolute atomic E-state index is 9.19. The Balaban J connectivity index is 2.35. The largest absolute Gasteiger partial charge is 0.354 e. The van der Waals surface area contributed by atoms with E-state index in [9.17, 15) is 5.26 Å². The molecule has 102 valence electrons. The summed E-state index contributed by atoms with van der Waals surface area (Å²) >= 11 is 5.85. The van der Waals surface area contributed by atoms with Crippen molar-refractivity contribution >= 4 is 29.2 Å². The fourth-order valence-corrected chi connectivity index (χ4v) is 1.84. The Hall–Kier alpha value is -2.39. The second-order valence-corrected chi connectivity index (χ2v) is 4.35. The highest BCUT2D eigenvalue weighted by molar-refractivity contribution is 6.28. The highest BCUT2D eigenvalue weighted by Gasteiger charge is 2.09. The van der Waals surface area contributed by atoms with Gasteiger partial charge in [-0.15, -0.1) is 0 Å². The van der Waals surface area contributed by atoms with Crippen LogP contribution in [0.3, 0.4) is 0 Å². The Kier molecular flexibility index (Phi) is 4.33. The minimum atomic E-state index is 0.0876. The zero-order valence-corrected chi connectivity index (χ0v) is 11.9. The summed E-state index contributed by atoms with van der Waals surface area (Å²) in [5.74, 6) is 0.684. The van der Waals surface area contributed by atoms with Gasteiger partial charge in [0.05, 0.1) is 11.3 Å². The van der Waals surface area contributed by atoms with E-state index < -0.39 is 0 Å². The number of aromatic nitrogens is 3. The number of aryl methyl sites for hydroxylation is 1. The Bertz CT molecular complexity index is 664.